The van der Waals surface area contributed by atoms with Gasteiger partial charge in [-0.05, 0) is 30.3 Å². The largest absolute Gasteiger partial charge is 0.486 e. The highest BCUT2D eigenvalue weighted by Gasteiger charge is 2.15. The summed E-state index contributed by atoms with van der Waals surface area (Å²) in [4.78, 5) is 6.96. The molecule has 1 aliphatic rings. The number of ether oxygens (including phenoxy) is 2. The van der Waals surface area contributed by atoms with Crippen molar-refractivity contribution in [1.82, 2.24) is 4.98 Å². The first kappa shape index (κ1) is 17.1. The maximum Gasteiger partial charge on any atom is 0.146 e. The van der Waals surface area contributed by atoms with Crippen LogP contribution in [0.25, 0.3) is 10.9 Å². The number of hydrogen-bond donors (Lipinski definition) is 0. The number of aromatic nitrogens is 1. The zero-order chi connectivity index (χ0) is 17.9. The van der Waals surface area contributed by atoms with Gasteiger partial charge in [-0.15, -0.1) is 0 Å². The van der Waals surface area contributed by atoms with Gasteiger partial charge in [0, 0.05) is 24.0 Å². The van der Waals surface area contributed by atoms with Crippen molar-refractivity contribution >= 4 is 28.3 Å². The van der Waals surface area contributed by atoms with Crippen molar-refractivity contribution in [2.45, 2.75) is 6.61 Å². The highest BCUT2D eigenvalue weighted by Crippen LogP contribution is 2.28. The summed E-state index contributed by atoms with van der Waals surface area (Å²) in [5, 5.41) is 1.33. The Morgan fingerprint density at radius 2 is 1.88 bits per heavy atom. The average Bonchev–Trinajstić information content (AvgIpc) is 2.68. The van der Waals surface area contributed by atoms with E-state index in [0.717, 1.165) is 29.8 Å². The van der Waals surface area contributed by atoms with Crippen LogP contribution in [0.2, 0.25) is 5.02 Å². The van der Waals surface area contributed by atoms with Crippen LogP contribution in [0.5, 0.6) is 5.75 Å². The molecule has 0 bridgehead atoms. The Morgan fingerprint density at radius 3 is 2.69 bits per heavy atom. The number of benzene rings is 2. The predicted octanol–water partition coefficient (Wildman–Crippen LogP) is 4.44. The molecule has 0 aliphatic carbocycles. The molecular weight excluding hydrogens is 355 g/mol. The molecule has 6 heteroatoms. The molecule has 1 fully saturated rings. The van der Waals surface area contributed by atoms with Gasteiger partial charge in [0.15, 0.2) is 0 Å². The Bertz CT molecular complexity index is 909. The van der Waals surface area contributed by atoms with Crippen molar-refractivity contribution in [2.75, 3.05) is 31.2 Å². The third kappa shape index (κ3) is 3.45. The van der Waals surface area contributed by atoms with Crippen LogP contribution in [0.1, 0.15) is 5.56 Å². The lowest BCUT2D eigenvalue weighted by Crippen LogP contribution is -2.36. The Morgan fingerprint density at radius 1 is 1.08 bits per heavy atom. The van der Waals surface area contributed by atoms with E-state index in [-0.39, 0.29) is 12.4 Å². The van der Waals surface area contributed by atoms with Crippen LogP contribution in [0.3, 0.4) is 0 Å². The number of para-hydroxylation sites is 1. The first-order valence-corrected chi connectivity index (χ1v) is 8.88. The van der Waals surface area contributed by atoms with E-state index in [9.17, 15) is 4.39 Å². The first-order chi connectivity index (χ1) is 12.7. The van der Waals surface area contributed by atoms with Gasteiger partial charge >= 0.3 is 0 Å². The number of pyridine rings is 1. The van der Waals surface area contributed by atoms with Crippen LogP contribution >= 0.6 is 11.6 Å². The van der Waals surface area contributed by atoms with E-state index < -0.39 is 0 Å². The highest BCUT2D eigenvalue weighted by molar-refractivity contribution is 6.31. The molecule has 0 spiro atoms. The topological polar surface area (TPSA) is 34.6 Å². The normalized spacial score (nSPS) is 14.6. The van der Waals surface area contributed by atoms with E-state index in [0.29, 0.717) is 29.5 Å². The Balaban J connectivity index is 1.64. The van der Waals surface area contributed by atoms with Gasteiger partial charge < -0.3 is 14.4 Å². The minimum Gasteiger partial charge on any atom is -0.486 e. The highest BCUT2D eigenvalue weighted by atomic mass is 35.5. The van der Waals surface area contributed by atoms with Crippen molar-refractivity contribution < 1.29 is 13.9 Å². The van der Waals surface area contributed by atoms with Crippen LogP contribution in [0.4, 0.5) is 10.2 Å². The summed E-state index contributed by atoms with van der Waals surface area (Å²) >= 11 is 6.09. The van der Waals surface area contributed by atoms with Crippen molar-refractivity contribution in [1.29, 1.82) is 0 Å². The van der Waals surface area contributed by atoms with Gasteiger partial charge in [0.2, 0.25) is 0 Å². The van der Waals surface area contributed by atoms with Gasteiger partial charge in [0.25, 0.3) is 0 Å². The molecule has 4 rings (SSSR count). The van der Waals surface area contributed by atoms with E-state index in [1.807, 2.05) is 30.3 Å². The number of morpholine rings is 1. The maximum absolute atomic E-state index is 14.0. The molecule has 0 amide bonds. The quantitative estimate of drug-likeness (QED) is 0.678. The summed E-state index contributed by atoms with van der Waals surface area (Å²) in [5.41, 5.74) is 1.10. The van der Waals surface area contributed by atoms with Gasteiger partial charge in [0.1, 0.15) is 29.5 Å². The van der Waals surface area contributed by atoms with Gasteiger partial charge in [0.05, 0.1) is 18.2 Å². The Kier molecular flexibility index (Phi) is 4.91. The summed E-state index contributed by atoms with van der Waals surface area (Å²) in [7, 11) is 0. The monoisotopic (exact) mass is 372 g/mol. The minimum absolute atomic E-state index is 0.0497. The molecule has 1 aromatic heterocycles. The molecule has 26 heavy (non-hydrogen) atoms. The summed E-state index contributed by atoms with van der Waals surface area (Å²) in [6.45, 7) is 3.07. The van der Waals surface area contributed by atoms with Gasteiger partial charge in [-0.1, -0.05) is 29.8 Å². The number of anilines is 1. The summed E-state index contributed by atoms with van der Waals surface area (Å²) in [6, 6.07) is 14.4. The second-order valence-electron chi connectivity index (χ2n) is 6.09. The van der Waals surface area contributed by atoms with E-state index >= 15 is 0 Å². The molecule has 0 atom stereocenters. The number of hydrogen-bond acceptors (Lipinski definition) is 4. The first-order valence-electron chi connectivity index (χ1n) is 8.50. The van der Waals surface area contributed by atoms with E-state index in [2.05, 4.69) is 4.90 Å². The van der Waals surface area contributed by atoms with Crippen molar-refractivity contribution in [2.24, 2.45) is 0 Å². The Hall–Kier alpha value is -2.37. The zero-order valence-corrected chi connectivity index (χ0v) is 14.9. The summed E-state index contributed by atoms with van der Waals surface area (Å²) < 4.78 is 25.3. The lowest BCUT2D eigenvalue weighted by Gasteiger charge is -2.28. The molecule has 0 unspecified atom stereocenters. The summed E-state index contributed by atoms with van der Waals surface area (Å²) in [6.07, 6.45) is 0. The molecule has 4 nitrogen and oxygen atoms in total. The lowest BCUT2D eigenvalue weighted by molar-refractivity contribution is 0.122. The van der Waals surface area contributed by atoms with Crippen LogP contribution < -0.4 is 9.64 Å². The number of rotatable bonds is 4. The van der Waals surface area contributed by atoms with Crippen molar-refractivity contribution in [3.8, 4) is 5.75 Å². The third-order valence-corrected chi connectivity index (χ3v) is 4.79. The van der Waals surface area contributed by atoms with E-state index in [1.54, 1.807) is 12.1 Å². The van der Waals surface area contributed by atoms with E-state index in [4.69, 9.17) is 26.1 Å². The maximum atomic E-state index is 14.0. The number of halogens is 2. The smallest absolute Gasteiger partial charge is 0.146 e. The van der Waals surface area contributed by atoms with Crippen molar-refractivity contribution in [3.63, 3.8) is 0 Å². The predicted molar refractivity (Wildman–Crippen MR) is 101 cm³/mol. The van der Waals surface area contributed by atoms with Crippen LogP contribution in [-0.4, -0.2) is 31.3 Å². The second kappa shape index (κ2) is 7.48. The fraction of sp³-hybridized carbons (Fsp3) is 0.250. The SMILES string of the molecule is Fc1cccc(Cl)c1COc1cccc2ccc(N3CCOCC3)nc12. The molecule has 0 N–H and O–H groups in total. The number of nitrogens with zero attached hydrogens (tertiary/aromatic N) is 2. The molecule has 2 heterocycles. The number of fused-ring (bicyclic) bond motifs is 1. The fourth-order valence-electron chi connectivity index (χ4n) is 3.01. The standard InChI is InChI=1S/C20H18ClFN2O2/c21-16-4-2-5-17(22)15(16)13-26-18-6-1-3-14-7-8-19(23-20(14)18)24-9-11-25-12-10-24/h1-8H,9-13H2. The molecule has 3 aromatic rings. The zero-order valence-electron chi connectivity index (χ0n) is 14.1. The molecule has 2 aromatic carbocycles. The van der Waals surface area contributed by atoms with Gasteiger partial charge in [-0.2, -0.15) is 0 Å². The Labute approximate surface area is 156 Å². The molecule has 1 aliphatic heterocycles. The van der Waals surface area contributed by atoms with Gasteiger partial charge in [-0.3, -0.25) is 0 Å². The van der Waals surface area contributed by atoms with Crippen LogP contribution in [0.15, 0.2) is 48.5 Å². The van der Waals surface area contributed by atoms with Crippen LogP contribution in [-0.2, 0) is 11.3 Å². The molecule has 0 radical (unpaired) electrons. The molecular formula is C20H18ClFN2O2. The second-order valence-corrected chi connectivity index (χ2v) is 6.49. The minimum atomic E-state index is -0.375. The fourth-order valence-corrected chi connectivity index (χ4v) is 3.23. The van der Waals surface area contributed by atoms with E-state index in [1.165, 1.54) is 6.07 Å². The van der Waals surface area contributed by atoms with Crippen LogP contribution in [0, 0.1) is 5.82 Å². The van der Waals surface area contributed by atoms with Gasteiger partial charge in [-0.25, -0.2) is 9.37 Å². The third-order valence-electron chi connectivity index (χ3n) is 4.44. The lowest BCUT2D eigenvalue weighted by atomic mass is 10.2. The molecule has 1 saturated heterocycles. The summed E-state index contributed by atoms with van der Waals surface area (Å²) in [5.74, 6) is 1.12. The molecule has 0 saturated carbocycles. The average molecular weight is 373 g/mol. The molecule has 134 valence electrons. The van der Waals surface area contributed by atoms with Crippen molar-refractivity contribution in [3.05, 3.63) is 64.9 Å².